The monoisotopic (exact) mass is 484 g/mol. The van der Waals surface area contributed by atoms with Crippen LogP contribution in [-0.4, -0.2) is 44.3 Å². The summed E-state index contributed by atoms with van der Waals surface area (Å²) in [5, 5.41) is 36.2. The zero-order chi connectivity index (χ0) is 26.2. The van der Waals surface area contributed by atoms with E-state index in [2.05, 4.69) is 0 Å². The molecule has 0 bridgehead atoms. The van der Waals surface area contributed by atoms with E-state index in [1.807, 2.05) is 18.2 Å². The SMILES string of the molecule is O=C(O)c1ccc(-c2ccccc2)c(C(=O)O)c1-c1ccccc1.O=C(O)c1ccc(C(=O)O)cc1. The Labute approximate surface area is 205 Å². The van der Waals surface area contributed by atoms with Gasteiger partial charge in [0.25, 0.3) is 0 Å². The van der Waals surface area contributed by atoms with E-state index in [1.54, 1.807) is 48.5 Å². The van der Waals surface area contributed by atoms with Crippen molar-refractivity contribution in [2.75, 3.05) is 0 Å². The molecule has 4 rings (SSSR count). The molecule has 0 amide bonds. The summed E-state index contributed by atoms with van der Waals surface area (Å²) in [6.07, 6.45) is 0. The van der Waals surface area contributed by atoms with Crippen molar-refractivity contribution in [1.29, 1.82) is 0 Å². The summed E-state index contributed by atoms with van der Waals surface area (Å²) >= 11 is 0. The second kappa shape index (κ2) is 11.3. The Morgan fingerprint density at radius 2 is 0.889 bits per heavy atom. The molecular weight excluding hydrogens is 464 g/mol. The van der Waals surface area contributed by atoms with Crippen molar-refractivity contribution < 1.29 is 39.6 Å². The number of carboxylic acids is 4. The Balaban J connectivity index is 0.000000253. The third kappa shape index (κ3) is 5.81. The molecule has 0 radical (unpaired) electrons. The van der Waals surface area contributed by atoms with Crippen LogP contribution in [-0.2, 0) is 0 Å². The summed E-state index contributed by atoms with van der Waals surface area (Å²) in [5.74, 6) is -4.44. The Morgan fingerprint density at radius 1 is 0.444 bits per heavy atom. The second-order valence-corrected chi connectivity index (χ2v) is 7.44. The highest BCUT2D eigenvalue weighted by molar-refractivity contribution is 6.09. The number of rotatable bonds is 6. The highest BCUT2D eigenvalue weighted by atomic mass is 16.4. The lowest BCUT2D eigenvalue weighted by atomic mass is 9.88. The summed E-state index contributed by atoms with van der Waals surface area (Å²) in [7, 11) is 0. The van der Waals surface area contributed by atoms with E-state index in [0.717, 1.165) is 5.56 Å². The predicted molar refractivity (Wildman–Crippen MR) is 132 cm³/mol. The van der Waals surface area contributed by atoms with Gasteiger partial charge < -0.3 is 20.4 Å². The fourth-order valence-electron chi connectivity index (χ4n) is 3.52. The van der Waals surface area contributed by atoms with Crippen molar-refractivity contribution in [3.05, 3.63) is 119 Å². The van der Waals surface area contributed by atoms with Crippen molar-refractivity contribution in [3.8, 4) is 22.3 Å². The maximum Gasteiger partial charge on any atom is 0.336 e. The van der Waals surface area contributed by atoms with Gasteiger partial charge in [0.1, 0.15) is 0 Å². The first-order valence-corrected chi connectivity index (χ1v) is 10.5. The minimum absolute atomic E-state index is 0.00713. The molecule has 4 N–H and O–H groups in total. The van der Waals surface area contributed by atoms with Crippen molar-refractivity contribution >= 4 is 23.9 Å². The molecular formula is C28H20O8. The summed E-state index contributed by atoms with van der Waals surface area (Å²) < 4.78 is 0. The zero-order valence-electron chi connectivity index (χ0n) is 18.7. The number of carboxylic acid groups (broad SMARTS) is 4. The molecule has 4 aromatic rings. The molecule has 0 spiro atoms. The lowest BCUT2D eigenvalue weighted by Crippen LogP contribution is -2.09. The minimum atomic E-state index is -1.16. The second-order valence-electron chi connectivity index (χ2n) is 7.44. The fraction of sp³-hybridized carbons (Fsp3) is 0. The van der Waals surface area contributed by atoms with E-state index in [-0.39, 0.29) is 27.8 Å². The van der Waals surface area contributed by atoms with E-state index in [0.29, 0.717) is 11.1 Å². The Hall–Kier alpha value is -5.24. The molecule has 0 aliphatic carbocycles. The van der Waals surface area contributed by atoms with Crippen LogP contribution in [0.1, 0.15) is 41.4 Å². The highest BCUT2D eigenvalue weighted by Crippen LogP contribution is 2.35. The quantitative estimate of drug-likeness (QED) is 0.280. The van der Waals surface area contributed by atoms with Crippen molar-refractivity contribution in [2.45, 2.75) is 0 Å². The molecule has 0 saturated heterocycles. The summed E-state index contributed by atoms with van der Waals surface area (Å²) in [4.78, 5) is 44.3. The molecule has 8 heteroatoms. The van der Waals surface area contributed by atoms with Crippen molar-refractivity contribution in [3.63, 3.8) is 0 Å². The molecule has 0 unspecified atom stereocenters. The number of benzene rings is 4. The normalized spacial score (nSPS) is 10.0. The van der Waals surface area contributed by atoms with Gasteiger partial charge in [0, 0.05) is 5.56 Å². The Kier molecular flexibility index (Phi) is 7.94. The van der Waals surface area contributed by atoms with E-state index in [4.69, 9.17) is 10.2 Å². The Bertz CT molecular complexity index is 1380. The number of aromatic carboxylic acids is 4. The molecule has 0 aliphatic heterocycles. The van der Waals surface area contributed by atoms with Gasteiger partial charge in [-0.25, -0.2) is 19.2 Å². The number of hydrogen-bond donors (Lipinski definition) is 4. The number of hydrogen-bond acceptors (Lipinski definition) is 4. The van der Waals surface area contributed by atoms with Gasteiger partial charge in [-0.2, -0.15) is 0 Å². The molecule has 0 atom stereocenters. The first-order valence-electron chi connectivity index (χ1n) is 10.5. The zero-order valence-corrected chi connectivity index (χ0v) is 18.7. The lowest BCUT2D eigenvalue weighted by Gasteiger charge is -2.15. The molecule has 0 aliphatic rings. The molecule has 36 heavy (non-hydrogen) atoms. The van der Waals surface area contributed by atoms with E-state index < -0.39 is 23.9 Å². The molecule has 0 heterocycles. The van der Waals surface area contributed by atoms with Gasteiger partial charge in [0.2, 0.25) is 0 Å². The van der Waals surface area contributed by atoms with Gasteiger partial charge in [-0.3, -0.25) is 0 Å². The molecule has 8 nitrogen and oxygen atoms in total. The van der Waals surface area contributed by atoms with Crippen LogP contribution < -0.4 is 0 Å². The van der Waals surface area contributed by atoms with Gasteiger partial charge in [-0.1, -0.05) is 66.7 Å². The van der Waals surface area contributed by atoms with Gasteiger partial charge >= 0.3 is 23.9 Å². The van der Waals surface area contributed by atoms with Crippen LogP contribution in [0.5, 0.6) is 0 Å². The summed E-state index contributed by atoms with van der Waals surface area (Å²) in [6, 6.07) is 25.8. The van der Waals surface area contributed by atoms with Crippen molar-refractivity contribution in [2.24, 2.45) is 0 Å². The van der Waals surface area contributed by atoms with Crippen molar-refractivity contribution in [1.82, 2.24) is 0 Å². The topological polar surface area (TPSA) is 149 Å². The van der Waals surface area contributed by atoms with E-state index in [9.17, 15) is 29.4 Å². The van der Waals surface area contributed by atoms with Crippen LogP contribution in [0, 0.1) is 0 Å². The van der Waals surface area contributed by atoms with Gasteiger partial charge in [0.15, 0.2) is 0 Å². The summed E-state index contributed by atoms with van der Waals surface area (Å²) in [5.41, 5.74) is 2.13. The molecule has 180 valence electrons. The van der Waals surface area contributed by atoms with Gasteiger partial charge in [-0.15, -0.1) is 0 Å². The predicted octanol–water partition coefficient (Wildman–Crippen LogP) is 5.50. The average molecular weight is 484 g/mol. The van der Waals surface area contributed by atoms with Crippen LogP contribution in [0.4, 0.5) is 0 Å². The van der Waals surface area contributed by atoms with Crippen LogP contribution in [0.3, 0.4) is 0 Å². The molecule has 0 saturated carbocycles. The van der Waals surface area contributed by atoms with Crippen LogP contribution in [0.2, 0.25) is 0 Å². The standard InChI is InChI=1S/C20H14O4.C8H6O4/c21-19(22)16-12-11-15(13-7-3-1-4-8-13)18(20(23)24)17(16)14-9-5-2-6-10-14;9-7(10)5-1-2-6(4-3-5)8(11)12/h1-12H,(H,21,22)(H,23,24);1-4H,(H,9,10)(H,11,12). The van der Waals surface area contributed by atoms with Crippen LogP contribution in [0.15, 0.2) is 97.1 Å². The third-order valence-electron chi connectivity index (χ3n) is 5.18. The van der Waals surface area contributed by atoms with Gasteiger partial charge in [-0.05, 0) is 47.0 Å². The third-order valence-corrected chi connectivity index (χ3v) is 5.18. The first-order chi connectivity index (χ1) is 17.2. The number of carbonyl (C=O) groups is 4. The van der Waals surface area contributed by atoms with E-state index in [1.165, 1.54) is 30.3 Å². The largest absolute Gasteiger partial charge is 0.478 e. The Morgan fingerprint density at radius 3 is 1.28 bits per heavy atom. The average Bonchev–Trinajstić information content (AvgIpc) is 2.89. The maximum absolute atomic E-state index is 12.0. The molecule has 4 aromatic carbocycles. The smallest absolute Gasteiger partial charge is 0.336 e. The fourth-order valence-corrected chi connectivity index (χ4v) is 3.52. The van der Waals surface area contributed by atoms with Gasteiger partial charge in [0.05, 0.1) is 22.3 Å². The minimum Gasteiger partial charge on any atom is -0.478 e. The molecule has 0 aromatic heterocycles. The summed E-state index contributed by atoms with van der Waals surface area (Å²) in [6.45, 7) is 0. The van der Waals surface area contributed by atoms with Crippen LogP contribution >= 0.6 is 0 Å². The highest BCUT2D eigenvalue weighted by Gasteiger charge is 2.24. The lowest BCUT2D eigenvalue weighted by molar-refractivity contribution is 0.0681. The maximum atomic E-state index is 12.0. The molecule has 0 fully saturated rings. The van der Waals surface area contributed by atoms with Crippen LogP contribution in [0.25, 0.3) is 22.3 Å². The first kappa shape index (κ1) is 25.4. The van der Waals surface area contributed by atoms with E-state index >= 15 is 0 Å².